The van der Waals surface area contributed by atoms with Crippen molar-refractivity contribution in [3.8, 4) is 11.5 Å². The first-order valence-corrected chi connectivity index (χ1v) is 19.8. The quantitative estimate of drug-likeness (QED) is 0.0801. The number of esters is 1. The first kappa shape index (κ1) is 41.3. The van der Waals surface area contributed by atoms with Crippen LogP contribution >= 0.6 is 0 Å². The van der Waals surface area contributed by atoms with Gasteiger partial charge in [0.2, 0.25) is 0 Å². The molecule has 1 amide bonds. The van der Waals surface area contributed by atoms with Gasteiger partial charge in [-0.05, 0) is 89.4 Å². The van der Waals surface area contributed by atoms with Crippen LogP contribution in [-0.4, -0.2) is 49.9 Å². The molecule has 8 nitrogen and oxygen atoms in total. The van der Waals surface area contributed by atoms with E-state index in [2.05, 4.69) is 38.2 Å². The van der Waals surface area contributed by atoms with Gasteiger partial charge in [0.15, 0.2) is 0 Å². The van der Waals surface area contributed by atoms with E-state index in [4.69, 9.17) is 18.9 Å². The van der Waals surface area contributed by atoms with E-state index in [1.54, 1.807) is 4.90 Å². The lowest BCUT2D eigenvalue weighted by Gasteiger charge is -2.32. The maximum atomic E-state index is 13.5. The first-order valence-electron chi connectivity index (χ1n) is 19.8. The van der Waals surface area contributed by atoms with Gasteiger partial charge in [-0.1, -0.05) is 121 Å². The highest BCUT2D eigenvalue weighted by Crippen LogP contribution is 2.26. The summed E-state index contributed by atoms with van der Waals surface area (Å²) in [4.78, 5) is 28.3. The lowest BCUT2D eigenvalue weighted by Crippen LogP contribution is -2.41. The van der Waals surface area contributed by atoms with Crippen LogP contribution in [0.15, 0.2) is 103 Å². The molecule has 1 N–H and O–H groups in total. The number of hydrogen-bond acceptors (Lipinski definition) is 7. The van der Waals surface area contributed by atoms with Crippen LogP contribution in [0, 0.1) is 11.3 Å². The van der Waals surface area contributed by atoms with Gasteiger partial charge in [0.1, 0.15) is 31.3 Å². The number of ether oxygens (including phenoxy) is 4. The summed E-state index contributed by atoms with van der Waals surface area (Å²) in [5.74, 6) is 1.91. The van der Waals surface area contributed by atoms with Crippen molar-refractivity contribution in [3.05, 3.63) is 131 Å². The molecular formula is C47H60N2O6. The predicted molar refractivity (Wildman–Crippen MR) is 218 cm³/mol. The molecule has 1 aliphatic rings. The Balaban J connectivity index is 1.12. The van der Waals surface area contributed by atoms with Crippen LogP contribution in [0.5, 0.6) is 11.5 Å². The molecular weight excluding hydrogens is 689 g/mol. The summed E-state index contributed by atoms with van der Waals surface area (Å²) in [5, 5.41) is 3.58. The summed E-state index contributed by atoms with van der Waals surface area (Å²) in [6.45, 7) is 14.1. The summed E-state index contributed by atoms with van der Waals surface area (Å²) in [5.41, 5.74) is 4.27. The van der Waals surface area contributed by atoms with Gasteiger partial charge in [0.25, 0.3) is 0 Å². The Kier molecular flexibility index (Phi) is 15.2. The van der Waals surface area contributed by atoms with Crippen molar-refractivity contribution in [1.29, 1.82) is 0 Å². The Morgan fingerprint density at radius 3 is 1.91 bits per heavy atom. The highest BCUT2D eigenvalue weighted by Gasteiger charge is 2.28. The SMILES string of the molecule is CC(C)(COC(=O)c1ccc(CNCC2CCCCC2)cc1)CN(Cc1ccc(OCCOc2ccc(C(C)(C)C)cc2)cc1)C(=O)OCc1ccccc1. The van der Waals surface area contributed by atoms with E-state index in [-0.39, 0.29) is 24.6 Å². The lowest BCUT2D eigenvalue weighted by atomic mass is 9.87. The molecule has 0 bridgehead atoms. The van der Waals surface area contributed by atoms with Gasteiger partial charge in [0.05, 0.1) is 12.2 Å². The minimum absolute atomic E-state index is 0.0946. The molecule has 0 saturated heterocycles. The fourth-order valence-corrected chi connectivity index (χ4v) is 6.75. The maximum absolute atomic E-state index is 13.5. The Hall–Kier alpha value is -4.82. The number of nitrogens with zero attached hydrogens (tertiary/aromatic N) is 1. The van der Waals surface area contributed by atoms with Crippen molar-refractivity contribution in [3.63, 3.8) is 0 Å². The molecule has 0 aromatic heterocycles. The molecule has 55 heavy (non-hydrogen) atoms. The molecule has 8 heteroatoms. The van der Waals surface area contributed by atoms with Crippen LogP contribution in [0.4, 0.5) is 4.79 Å². The molecule has 5 rings (SSSR count). The smallest absolute Gasteiger partial charge is 0.410 e. The monoisotopic (exact) mass is 748 g/mol. The molecule has 4 aromatic rings. The first-order chi connectivity index (χ1) is 26.4. The van der Waals surface area contributed by atoms with Crippen molar-refractivity contribution < 1.29 is 28.5 Å². The average Bonchev–Trinajstić information content (AvgIpc) is 3.19. The number of carbonyl (C=O) groups excluding carboxylic acids is 2. The molecule has 0 aliphatic heterocycles. The van der Waals surface area contributed by atoms with E-state index in [0.717, 1.165) is 41.4 Å². The van der Waals surface area contributed by atoms with Crippen molar-refractivity contribution in [2.24, 2.45) is 11.3 Å². The highest BCUT2D eigenvalue weighted by molar-refractivity contribution is 5.89. The third-order valence-electron chi connectivity index (χ3n) is 9.99. The molecule has 0 heterocycles. The van der Waals surface area contributed by atoms with Gasteiger partial charge in [-0.3, -0.25) is 0 Å². The zero-order valence-corrected chi connectivity index (χ0v) is 33.5. The van der Waals surface area contributed by atoms with E-state index in [1.165, 1.54) is 37.7 Å². The number of amides is 1. The summed E-state index contributed by atoms with van der Waals surface area (Å²) in [7, 11) is 0. The van der Waals surface area contributed by atoms with Crippen LogP contribution in [0.25, 0.3) is 0 Å². The lowest BCUT2D eigenvalue weighted by molar-refractivity contribution is 0.0236. The summed E-state index contributed by atoms with van der Waals surface area (Å²) < 4.78 is 23.4. The van der Waals surface area contributed by atoms with Crippen LogP contribution in [-0.2, 0) is 34.6 Å². The summed E-state index contributed by atoms with van der Waals surface area (Å²) in [6, 6.07) is 33.1. The van der Waals surface area contributed by atoms with Crippen LogP contribution in [0.2, 0.25) is 0 Å². The number of hydrogen-bond donors (Lipinski definition) is 1. The van der Waals surface area contributed by atoms with E-state index < -0.39 is 11.5 Å². The largest absolute Gasteiger partial charge is 0.490 e. The Labute approximate surface area is 328 Å². The second-order valence-electron chi connectivity index (χ2n) is 16.6. The topological polar surface area (TPSA) is 86.3 Å². The van der Waals surface area contributed by atoms with Gasteiger partial charge in [0, 0.05) is 25.0 Å². The molecule has 0 unspecified atom stereocenters. The van der Waals surface area contributed by atoms with Gasteiger partial charge in [-0.2, -0.15) is 0 Å². The standard InChI is InChI=1S/C47H60N2O6/c1-46(2,3)41-22-26-43(27-23-41)53-29-28-52-42-24-18-38(19-25-42)32-49(45(51)54-33-39-14-10-7-11-15-39)34-47(4,5)35-55-44(50)40-20-16-37(17-21-40)31-48-30-36-12-8-6-9-13-36/h7,10-11,14-27,36,48H,6,8-9,12-13,28-35H2,1-5H3. The van der Waals surface area contributed by atoms with Crippen molar-refractivity contribution in [2.45, 2.75) is 91.8 Å². The Morgan fingerprint density at radius 1 is 0.691 bits per heavy atom. The molecule has 4 aromatic carbocycles. The van der Waals surface area contributed by atoms with Crippen molar-refractivity contribution >= 4 is 12.1 Å². The van der Waals surface area contributed by atoms with Crippen LogP contribution < -0.4 is 14.8 Å². The molecule has 0 atom stereocenters. The van der Waals surface area contributed by atoms with Gasteiger partial charge in [-0.15, -0.1) is 0 Å². The Morgan fingerprint density at radius 2 is 1.29 bits per heavy atom. The van der Waals surface area contributed by atoms with Crippen molar-refractivity contribution in [2.75, 3.05) is 32.9 Å². The minimum Gasteiger partial charge on any atom is -0.490 e. The predicted octanol–water partition coefficient (Wildman–Crippen LogP) is 10.1. The zero-order valence-electron chi connectivity index (χ0n) is 33.5. The Bertz CT molecular complexity index is 1740. The molecule has 1 saturated carbocycles. The molecule has 1 fully saturated rings. The van der Waals surface area contributed by atoms with E-state index in [1.807, 2.05) is 105 Å². The van der Waals surface area contributed by atoms with Crippen molar-refractivity contribution in [1.82, 2.24) is 10.2 Å². The molecule has 294 valence electrons. The molecule has 0 spiro atoms. The van der Waals surface area contributed by atoms with Gasteiger partial charge >= 0.3 is 12.1 Å². The number of benzene rings is 4. The van der Waals surface area contributed by atoms with E-state index in [9.17, 15) is 9.59 Å². The maximum Gasteiger partial charge on any atom is 0.410 e. The second kappa shape index (κ2) is 20.2. The molecule has 1 aliphatic carbocycles. The fraction of sp³-hybridized carbons (Fsp3) is 0.447. The average molecular weight is 749 g/mol. The van der Waals surface area contributed by atoms with Crippen LogP contribution in [0.1, 0.15) is 99.3 Å². The fourth-order valence-electron chi connectivity index (χ4n) is 6.75. The molecule has 0 radical (unpaired) electrons. The minimum atomic E-state index is -0.555. The van der Waals surface area contributed by atoms with Gasteiger partial charge < -0.3 is 29.2 Å². The highest BCUT2D eigenvalue weighted by atomic mass is 16.6. The summed E-state index contributed by atoms with van der Waals surface area (Å²) >= 11 is 0. The van der Waals surface area contributed by atoms with Gasteiger partial charge in [-0.25, -0.2) is 9.59 Å². The van der Waals surface area contributed by atoms with Crippen LogP contribution in [0.3, 0.4) is 0 Å². The third-order valence-corrected chi connectivity index (χ3v) is 9.99. The number of rotatable bonds is 18. The van der Waals surface area contributed by atoms with E-state index >= 15 is 0 Å². The van der Waals surface area contributed by atoms with E-state index in [0.29, 0.717) is 37.6 Å². The number of carbonyl (C=O) groups is 2. The number of nitrogens with one attached hydrogen (secondary N) is 1. The normalized spacial score (nSPS) is 13.5. The third kappa shape index (κ3) is 14.1. The second-order valence-corrected chi connectivity index (χ2v) is 16.6. The summed E-state index contributed by atoms with van der Waals surface area (Å²) in [6.07, 6.45) is 6.23. The zero-order chi connectivity index (χ0) is 39.1.